The van der Waals surface area contributed by atoms with E-state index in [0.717, 1.165) is 31.0 Å². The van der Waals surface area contributed by atoms with Crippen LogP contribution < -0.4 is 5.32 Å². The summed E-state index contributed by atoms with van der Waals surface area (Å²) in [5.74, 6) is -4.49. The van der Waals surface area contributed by atoms with Gasteiger partial charge in [-0.3, -0.25) is 9.59 Å². The molecular weight excluding hydrogens is 947 g/mol. The number of aliphatic hydroxyl groups is 2. The molecule has 4 aliphatic rings. The van der Waals surface area contributed by atoms with Gasteiger partial charge in [-0.2, -0.15) is 0 Å². The average molecular weight is 1030 g/mol. The summed E-state index contributed by atoms with van der Waals surface area (Å²) in [5.41, 5.74) is -7.23. The summed E-state index contributed by atoms with van der Waals surface area (Å²) in [6.07, 6.45) is -8.92. The van der Waals surface area contributed by atoms with Crippen LogP contribution in [0.3, 0.4) is 0 Å². The van der Waals surface area contributed by atoms with Crippen molar-refractivity contribution in [2.75, 3.05) is 13.2 Å². The lowest BCUT2D eigenvalue weighted by molar-refractivity contribution is -0.363. The molecule has 0 radical (unpaired) electrons. The first-order valence-corrected chi connectivity index (χ1v) is 28.7. The second-order valence-corrected chi connectivity index (χ2v) is 26.8. The van der Waals surface area contributed by atoms with E-state index in [0.29, 0.717) is 12.0 Å². The van der Waals surface area contributed by atoms with Gasteiger partial charge in [0.1, 0.15) is 35.6 Å². The lowest BCUT2D eigenvalue weighted by Gasteiger charge is -2.70. The van der Waals surface area contributed by atoms with Crippen LogP contribution in [-0.2, 0) is 56.7 Å². The fourth-order valence-corrected chi connectivity index (χ4v) is 15.0. The van der Waals surface area contributed by atoms with Crippen molar-refractivity contribution in [3.8, 4) is 0 Å². The first-order valence-electron chi connectivity index (χ1n) is 26.2. The van der Waals surface area contributed by atoms with Crippen molar-refractivity contribution in [1.82, 2.24) is 5.32 Å². The Labute approximate surface area is 428 Å². The maximum Gasteiger partial charge on any atom is 0.407 e. The number of rotatable bonds is 21. The molecule has 5 rings (SSSR count). The highest BCUT2D eigenvalue weighted by Gasteiger charge is 2.78. The van der Waals surface area contributed by atoms with Gasteiger partial charge in [0.15, 0.2) is 32.4 Å². The van der Waals surface area contributed by atoms with Gasteiger partial charge < -0.3 is 57.9 Å². The molecular formula is C54H85NO16Si. The summed E-state index contributed by atoms with van der Waals surface area (Å²) >= 11 is 0. The molecule has 1 aliphatic heterocycles. The number of carbonyl (C=O) groups is 5. The number of benzene rings is 1. The zero-order chi connectivity index (χ0) is 53.8. The van der Waals surface area contributed by atoms with Crippen LogP contribution in [0.15, 0.2) is 41.5 Å². The molecule has 18 heteroatoms. The van der Waals surface area contributed by atoms with Crippen LogP contribution in [-0.4, -0.2) is 134 Å². The number of fused-ring (bicyclic) bond motifs is 5. The van der Waals surface area contributed by atoms with Crippen molar-refractivity contribution in [3.63, 3.8) is 0 Å². The van der Waals surface area contributed by atoms with Gasteiger partial charge in [-0.25, -0.2) is 14.4 Å². The first kappa shape index (κ1) is 59.0. The molecule has 1 amide bonds. The van der Waals surface area contributed by atoms with E-state index in [2.05, 4.69) is 26.1 Å². The SMILES string of the molecule is CCCCC[C@H](NC(=O)OC(C)(C)C)[C@@H](OC(C)OCC)C(=O)O[C@H]1C[C@@]2(O)[C@@H](OC(=O)c3ccccc3)[C@@H]3[C@]4(OC(C)=O)CO[C@@H]4C[C@H](O[Si](CC)(CC)CC)[C@@]3(C)[C@@H](O)[C@H](OC(C)=O)C(=C1C)C2(C)C. The minimum atomic E-state index is -2.60. The number of hydrogen-bond acceptors (Lipinski definition) is 16. The molecule has 1 unspecified atom stereocenters. The van der Waals surface area contributed by atoms with Crippen molar-refractivity contribution >= 4 is 38.3 Å². The Bertz CT molecular complexity index is 2100. The van der Waals surface area contributed by atoms with Crippen molar-refractivity contribution in [3.05, 3.63) is 47.0 Å². The Balaban J connectivity index is 1.82. The molecule has 2 bridgehead atoms. The normalized spacial score (nSPS) is 31.2. The molecule has 1 aromatic carbocycles. The van der Waals surface area contributed by atoms with Gasteiger partial charge in [-0.05, 0) is 89.4 Å². The summed E-state index contributed by atoms with van der Waals surface area (Å²) in [6.45, 7) is 26.2. The van der Waals surface area contributed by atoms with Crippen molar-refractivity contribution in [2.45, 2.75) is 232 Å². The third kappa shape index (κ3) is 11.8. The monoisotopic (exact) mass is 1030 g/mol. The van der Waals surface area contributed by atoms with Gasteiger partial charge in [-0.1, -0.05) is 85.9 Å². The molecule has 3 N–H and O–H groups in total. The van der Waals surface area contributed by atoms with E-state index < -0.39 is 133 Å². The molecule has 0 spiro atoms. The predicted molar refractivity (Wildman–Crippen MR) is 269 cm³/mol. The standard InChI is InChI=1S/C54H85NO16Si/c1-16-21-23-28-37(55-49(61)70-50(10,11)12)42(66-35(9)63-17-2)48(60)67-38-30-54(62)46(68-47(59)36-26-24-22-25-27-36)44-52(15,45(58)43(65-33(7)56)41(32(38)6)51(54,13)14)39(71-72(18-3,19-4)20-5)29-40-53(44,31-64-40)69-34(8)57/h22,24-27,35,37-40,42-46,58,62H,16-21,23,28-31H2,1-15H3,(H,55,61)/t35?,37-,38-,39-,40+,42+,43+,44-,45-,46-,52+,53-,54+/m0/s1. The lowest BCUT2D eigenvalue weighted by atomic mass is 9.44. The van der Waals surface area contributed by atoms with Crippen LogP contribution in [0.2, 0.25) is 18.1 Å². The number of ether oxygens (including phenoxy) is 8. The van der Waals surface area contributed by atoms with E-state index in [-0.39, 0.29) is 37.2 Å². The zero-order valence-corrected chi connectivity index (χ0v) is 46.5. The molecule has 13 atom stereocenters. The molecule has 2 saturated carbocycles. The number of unbranched alkanes of at least 4 members (excludes halogenated alkanes) is 2. The van der Waals surface area contributed by atoms with E-state index in [9.17, 15) is 29.4 Å². The van der Waals surface area contributed by atoms with Crippen molar-refractivity contribution in [1.29, 1.82) is 0 Å². The fraction of sp³-hybridized carbons (Fsp3) is 0.759. The molecule has 406 valence electrons. The number of nitrogens with one attached hydrogen (secondary N) is 1. The number of esters is 4. The molecule has 17 nitrogen and oxygen atoms in total. The Morgan fingerprint density at radius 1 is 0.917 bits per heavy atom. The third-order valence-corrected chi connectivity index (χ3v) is 20.8. The lowest BCUT2D eigenvalue weighted by Crippen LogP contribution is -2.83. The maximum absolute atomic E-state index is 15.2. The minimum absolute atomic E-state index is 0.149. The molecule has 72 heavy (non-hydrogen) atoms. The van der Waals surface area contributed by atoms with Gasteiger partial charge in [-0.15, -0.1) is 0 Å². The molecule has 1 aromatic rings. The van der Waals surface area contributed by atoms with Crippen LogP contribution in [0.1, 0.15) is 153 Å². The molecule has 3 fully saturated rings. The van der Waals surface area contributed by atoms with E-state index in [4.69, 9.17) is 42.3 Å². The predicted octanol–water partition coefficient (Wildman–Crippen LogP) is 8.27. The number of hydrogen-bond donors (Lipinski definition) is 3. The highest BCUT2D eigenvalue weighted by Crippen LogP contribution is 2.66. The Morgan fingerprint density at radius 2 is 1.56 bits per heavy atom. The fourth-order valence-electron chi connectivity index (χ4n) is 12.1. The van der Waals surface area contributed by atoms with E-state index in [1.54, 1.807) is 92.6 Å². The highest BCUT2D eigenvalue weighted by atomic mass is 28.4. The van der Waals surface area contributed by atoms with Crippen LogP contribution in [0, 0.1) is 16.7 Å². The van der Waals surface area contributed by atoms with E-state index in [1.165, 1.54) is 13.8 Å². The summed E-state index contributed by atoms with van der Waals surface area (Å²) in [4.78, 5) is 70.4. The van der Waals surface area contributed by atoms with Gasteiger partial charge >= 0.3 is 30.0 Å². The molecule has 3 aliphatic carbocycles. The Hall–Kier alpha value is -3.91. The van der Waals surface area contributed by atoms with Crippen LogP contribution >= 0.6 is 0 Å². The summed E-state index contributed by atoms with van der Waals surface area (Å²) in [5, 5.41) is 30.8. The molecule has 1 heterocycles. The zero-order valence-electron chi connectivity index (χ0n) is 45.5. The number of alkyl carbamates (subject to hydrolysis) is 1. The van der Waals surface area contributed by atoms with E-state index >= 15 is 4.79 Å². The molecule has 1 saturated heterocycles. The average Bonchev–Trinajstić information content (AvgIpc) is 3.29. The Kier molecular flexibility index (Phi) is 19.1. The van der Waals surface area contributed by atoms with Crippen LogP contribution in [0.5, 0.6) is 0 Å². The van der Waals surface area contributed by atoms with Gasteiger partial charge in [0.2, 0.25) is 0 Å². The minimum Gasteiger partial charge on any atom is -0.456 e. The van der Waals surface area contributed by atoms with Crippen molar-refractivity contribution < 1.29 is 76.5 Å². The third-order valence-electron chi connectivity index (χ3n) is 16.1. The first-order chi connectivity index (χ1) is 33.6. The van der Waals surface area contributed by atoms with Crippen molar-refractivity contribution in [2.24, 2.45) is 16.7 Å². The van der Waals surface area contributed by atoms with Gasteiger partial charge in [0.25, 0.3) is 0 Å². The summed E-state index contributed by atoms with van der Waals surface area (Å²) < 4.78 is 57.5. The van der Waals surface area contributed by atoms with Crippen LogP contribution in [0.25, 0.3) is 0 Å². The number of aliphatic hydroxyl groups excluding tert-OH is 1. The highest BCUT2D eigenvalue weighted by molar-refractivity contribution is 6.73. The summed E-state index contributed by atoms with van der Waals surface area (Å²) in [6, 6.07) is 9.44. The maximum atomic E-state index is 15.2. The number of amides is 1. The topological polar surface area (TPSA) is 221 Å². The van der Waals surface area contributed by atoms with E-state index in [1.807, 2.05) is 6.92 Å². The molecule has 0 aromatic heterocycles. The second kappa shape index (κ2) is 23.3. The largest absolute Gasteiger partial charge is 0.456 e. The number of carbonyl (C=O) groups excluding carboxylic acids is 5. The summed E-state index contributed by atoms with van der Waals surface area (Å²) in [7, 11) is -2.60. The Morgan fingerprint density at radius 3 is 2.08 bits per heavy atom. The quantitative estimate of drug-likeness (QED) is 0.0263. The van der Waals surface area contributed by atoms with Gasteiger partial charge in [0.05, 0.1) is 30.2 Å². The van der Waals surface area contributed by atoms with Gasteiger partial charge in [0, 0.05) is 44.1 Å². The smallest absolute Gasteiger partial charge is 0.407 e. The van der Waals surface area contributed by atoms with Crippen LogP contribution in [0.4, 0.5) is 4.79 Å². The second-order valence-electron chi connectivity index (χ2n) is 22.0.